The third-order valence-corrected chi connectivity index (χ3v) is 5.63. The number of nitrogens with one attached hydrogen (secondary N) is 1. The smallest absolute Gasteiger partial charge is 0.251 e. The largest absolute Gasteiger partial charge is 0.389 e. The van der Waals surface area contributed by atoms with Gasteiger partial charge in [-0.25, -0.2) is 0 Å². The minimum absolute atomic E-state index is 0.120. The number of benzene rings is 1. The van der Waals surface area contributed by atoms with Crippen molar-refractivity contribution in [3.63, 3.8) is 0 Å². The maximum Gasteiger partial charge on any atom is 0.251 e. The summed E-state index contributed by atoms with van der Waals surface area (Å²) in [5.41, 5.74) is 18.1. The Hall–Kier alpha value is -1.67. The van der Waals surface area contributed by atoms with Crippen LogP contribution in [-0.4, -0.2) is 93.9 Å². The monoisotopic (exact) mass is 426 g/mol. The van der Waals surface area contributed by atoms with Crippen molar-refractivity contribution in [2.45, 2.75) is 67.5 Å². The lowest BCUT2D eigenvalue weighted by Crippen LogP contribution is -2.67. The molecule has 3 rings (SSSR count). The van der Waals surface area contributed by atoms with Gasteiger partial charge in [-0.3, -0.25) is 4.79 Å². The molecule has 1 amide bonds. The summed E-state index contributed by atoms with van der Waals surface area (Å²) >= 11 is 0. The number of hydrogen-bond acceptors (Lipinski definition) is 10. The number of hydrogen-bond donors (Lipinski definition) is 8. The van der Waals surface area contributed by atoms with Gasteiger partial charge in [0.2, 0.25) is 0 Å². The summed E-state index contributed by atoms with van der Waals surface area (Å²) in [5.74, 6) is -0.380. The molecule has 168 valence electrons. The van der Waals surface area contributed by atoms with Crippen LogP contribution >= 0.6 is 0 Å². The molecule has 1 aliphatic heterocycles. The van der Waals surface area contributed by atoms with Gasteiger partial charge in [0, 0.05) is 24.2 Å². The highest BCUT2D eigenvalue weighted by Crippen LogP contribution is 2.27. The highest BCUT2D eigenvalue weighted by atomic mass is 16.7. The number of nitrogens with two attached hydrogens (primary N) is 3. The minimum Gasteiger partial charge on any atom is -0.389 e. The first-order valence-electron chi connectivity index (χ1n) is 9.84. The fourth-order valence-corrected chi connectivity index (χ4v) is 3.75. The second-order valence-electron chi connectivity index (χ2n) is 7.82. The molecule has 0 bridgehead atoms. The summed E-state index contributed by atoms with van der Waals surface area (Å²) in [6.07, 6.45) is -8.52. The van der Waals surface area contributed by atoms with Crippen LogP contribution in [0.25, 0.3) is 0 Å². The van der Waals surface area contributed by atoms with Crippen LogP contribution in [0.5, 0.6) is 0 Å². The van der Waals surface area contributed by atoms with E-state index in [1.165, 1.54) is 0 Å². The maximum atomic E-state index is 12.2. The lowest BCUT2D eigenvalue weighted by atomic mass is 9.84. The van der Waals surface area contributed by atoms with E-state index in [0.717, 1.165) is 0 Å². The second-order valence-corrected chi connectivity index (χ2v) is 7.82. The average molecular weight is 426 g/mol. The molecule has 30 heavy (non-hydrogen) atoms. The molecule has 10 atom stereocenters. The molecule has 2 fully saturated rings. The molecule has 1 aromatic carbocycles. The van der Waals surface area contributed by atoms with Crippen molar-refractivity contribution < 1.29 is 34.7 Å². The lowest BCUT2D eigenvalue weighted by Gasteiger charge is -2.45. The molecular weight excluding hydrogens is 396 g/mol. The van der Waals surface area contributed by atoms with E-state index >= 15 is 0 Å². The Morgan fingerprint density at radius 3 is 2.33 bits per heavy atom. The normalized spacial score (nSPS) is 42.0. The Labute approximate surface area is 173 Å². The lowest BCUT2D eigenvalue weighted by molar-refractivity contribution is -0.288. The molecule has 11 heteroatoms. The molecule has 1 aliphatic carbocycles. The predicted octanol–water partition coefficient (Wildman–Crippen LogP) is -3.64. The molecule has 1 aromatic rings. The van der Waals surface area contributed by atoms with Gasteiger partial charge >= 0.3 is 0 Å². The first-order valence-corrected chi connectivity index (χ1v) is 9.84. The first-order chi connectivity index (χ1) is 14.2. The van der Waals surface area contributed by atoms with Crippen LogP contribution < -0.4 is 22.5 Å². The van der Waals surface area contributed by atoms with Crippen molar-refractivity contribution in [1.82, 2.24) is 5.32 Å². The van der Waals surface area contributed by atoms with E-state index in [0.29, 0.717) is 5.56 Å². The van der Waals surface area contributed by atoms with Crippen molar-refractivity contribution in [3.8, 4) is 0 Å². The van der Waals surface area contributed by atoms with Crippen LogP contribution in [0, 0.1) is 0 Å². The molecule has 0 radical (unpaired) electrons. The minimum atomic E-state index is -1.41. The summed E-state index contributed by atoms with van der Waals surface area (Å²) in [5, 5.41) is 43.5. The number of carbonyl (C=O) groups excluding carboxylic acids is 1. The second kappa shape index (κ2) is 9.64. The Morgan fingerprint density at radius 1 is 1.00 bits per heavy atom. The van der Waals surface area contributed by atoms with Crippen LogP contribution in [0.2, 0.25) is 0 Å². The quantitative estimate of drug-likeness (QED) is 0.232. The topological polar surface area (TPSA) is 207 Å². The van der Waals surface area contributed by atoms with Crippen LogP contribution in [0.3, 0.4) is 0 Å². The van der Waals surface area contributed by atoms with Gasteiger partial charge in [-0.15, -0.1) is 0 Å². The van der Waals surface area contributed by atoms with E-state index in [9.17, 15) is 25.2 Å². The molecule has 11 N–H and O–H groups in total. The van der Waals surface area contributed by atoms with Gasteiger partial charge in [0.1, 0.15) is 30.5 Å². The first kappa shape index (κ1) is 23.0. The molecule has 2 aliphatic rings. The fourth-order valence-electron chi connectivity index (χ4n) is 3.75. The summed E-state index contributed by atoms with van der Waals surface area (Å²) in [7, 11) is 0. The number of rotatable bonds is 5. The van der Waals surface area contributed by atoms with Gasteiger partial charge in [0.05, 0.1) is 12.1 Å². The summed E-state index contributed by atoms with van der Waals surface area (Å²) < 4.78 is 11.4. The predicted molar refractivity (Wildman–Crippen MR) is 105 cm³/mol. The SMILES string of the molecule is NC1CC(N)C(OC2OC(CNC(=O)c3ccccc3)C(O)C(O)C2N)C(O)C1O. The number of aliphatic hydroxyl groups is 4. The molecule has 0 aromatic heterocycles. The standard InChI is InChI=1S/C19H30N4O7/c20-9-6-10(21)17(16(27)13(9)24)30-19-12(22)15(26)14(25)11(29-19)7-23-18(28)8-4-2-1-3-5-8/h1-5,9-17,19,24-27H,6-7,20-22H2,(H,23,28). The Balaban J connectivity index is 1.65. The van der Waals surface area contributed by atoms with E-state index in [2.05, 4.69) is 5.32 Å². The van der Waals surface area contributed by atoms with E-state index in [1.54, 1.807) is 30.3 Å². The third-order valence-electron chi connectivity index (χ3n) is 5.63. The summed E-state index contributed by atoms with van der Waals surface area (Å²) in [6.45, 7) is -0.120. The number of amides is 1. The van der Waals surface area contributed by atoms with Gasteiger partial charge in [0.15, 0.2) is 6.29 Å². The fraction of sp³-hybridized carbons (Fsp3) is 0.632. The van der Waals surface area contributed by atoms with Crippen LogP contribution in [0.1, 0.15) is 16.8 Å². The molecule has 0 spiro atoms. The zero-order valence-corrected chi connectivity index (χ0v) is 16.3. The van der Waals surface area contributed by atoms with Gasteiger partial charge in [-0.1, -0.05) is 18.2 Å². The maximum absolute atomic E-state index is 12.2. The number of carbonyl (C=O) groups is 1. The molecular formula is C19H30N4O7. The van der Waals surface area contributed by atoms with Gasteiger partial charge in [-0.2, -0.15) is 0 Å². The van der Waals surface area contributed by atoms with Gasteiger partial charge in [-0.05, 0) is 18.6 Å². The Kier molecular flexibility index (Phi) is 7.39. The van der Waals surface area contributed by atoms with Crippen molar-refractivity contribution in [2.24, 2.45) is 17.2 Å². The van der Waals surface area contributed by atoms with Crippen molar-refractivity contribution in [3.05, 3.63) is 35.9 Å². The number of ether oxygens (including phenoxy) is 2. The highest BCUT2D eigenvalue weighted by molar-refractivity contribution is 5.94. The highest BCUT2D eigenvalue weighted by Gasteiger charge is 2.48. The Morgan fingerprint density at radius 2 is 1.67 bits per heavy atom. The molecule has 1 saturated heterocycles. The zero-order chi connectivity index (χ0) is 22.0. The average Bonchev–Trinajstić information content (AvgIpc) is 2.74. The van der Waals surface area contributed by atoms with E-state index in [1.807, 2.05) is 0 Å². The zero-order valence-electron chi connectivity index (χ0n) is 16.3. The summed E-state index contributed by atoms with van der Waals surface area (Å²) in [4.78, 5) is 12.2. The Bertz CT molecular complexity index is 711. The molecule has 11 nitrogen and oxygen atoms in total. The van der Waals surface area contributed by atoms with E-state index in [4.69, 9.17) is 26.7 Å². The van der Waals surface area contributed by atoms with Gasteiger partial charge < -0.3 is 52.4 Å². The number of aliphatic hydroxyl groups excluding tert-OH is 4. The third kappa shape index (κ3) is 4.80. The summed E-state index contributed by atoms with van der Waals surface area (Å²) in [6, 6.07) is 5.92. The van der Waals surface area contributed by atoms with Crippen molar-refractivity contribution >= 4 is 5.91 Å². The molecule has 1 heterocycles. The van der Waals surface area contributed by atoms with Gasteiger partial charge in [0.25, 0.3) is 5.91 Å². The van der Waals surface area contributed by atoms with E-state index < -0.39 is 61.0 Å². The van der Waals surface area contributed by atoms with Crippen LogP contribution in [-0.2, 0) is 9.47 Å². The van der Waals surface area contributed by atoms with Crippen LogP contribution in [0.15, 0.2) is 30.3 Å². The molecule has 1 saturated carbocycles. The van der Waals surface area contributed by atoms with Crippen molar-refractivity contribution in [1.29, 1.82) is 0 Å². The molecule has 10 unspecified atom stereocenters. The van der Waals surface area contributed by atoms with Crippen molar-refractivity contribution in [2.75, 3.05) is 6.54 Å². The van der Waals surface area contributed by atoms with E-state index in [-0.39, 0.29) is 18.9 Å². The van der Waals surface area contributed by atoms with Crippen LogP contribution in [0.4, 0.5) is 0 Å².